The van der Waals surface area contributed by atoms with Crippen molar-refractivity contribution in [3.8, 4) is 0 Å². The van der Waals surface area contributed by atoms with Crippen LogP contribution in [0, 0.1) is 0 Å². The van der Waals surface area contributed by atoms with Gasteiger partial charge < -0.3 is 4.90 Å². The lowest BCUT2D eigenvalue weighted by Gasteiger charge is -2.42. The molecule has 1 aliphatic heterocycles. The van der Waals surface area contributed by atoms with E-state index in [4.69, 9.17) is 23.2 Å². The van der Waals surface area contributed by atoms with E-state index in [1.807, 2.05) is 12.1 Å². The number of hydrogen-bond acceptors (Lipinski definition) is 2. The molecule has 0 aromatic heterocycles. The molecule has 2 atom stereocenters. The molecule has 128 valence electrons. The molecule has 2 fully saturated rings. The molecule has 1 saturated heterocycles. The maximum Gasteiger partial charge on any atom is 0.0595 e. The van der Waals surface area contributed by atoms with E-state index in [2.05, 4.69) is 22.9 Å². The molecule has 1 saturated carbocycles. The fraction of sp³-hybridized carbons (Fsp3) is 0.684. The van der Waals surface area contributed by atoms with Gasteiger partial charge in [-0.1, -0.05) is 42.1 Å². The SMILES string of the molecule is CN(CCc1ccc(Cl)c(Cl)c1)C1CCCC[C@H]1N1CCCC1. The average Bonchev–Trinajstić information content (AvgIpc) is 3.10. The Morgan fingerprint density at radius 3 is 2.52 bits per heavy atom. The smallest absolute Gasteiger partial charge is 0.0595 e. The Labute approximate surface area is 150 Å². The summed E-state index contributed by atoms with van der Waals surface area (Å²) in [5.74, 6) is 0. The predicted octanol–water partition coefficient (Wildman–Crippen LogP) is 4.87. The summed E-state index contributed by atoms with van der Waals surface area (Å²) in [5.41, 5.74) is 1.28. The van der Waals surface area contributed by atoms with Crippen LogP contribution in [0.5, 0.6) is 0 Å². The van der Waals surface area contributed by atoms with Gasteiger partial charge in [0.1, 0.15) is 0 Å². The Bertz CT molecular complexity index is 514. The maximum absolute atomic E-state index is 6.13. The van der Waals surface area contributed by atoms with Crippen molar-refractivity contribution >= 4 is 23.2 Å². The summed E-state index contributed by atoms with van der Waals surface area (Å²) in [4.78, 5) is 5.34. The average molecular weight is 355 g/mol. The number of hydrogen-bond donors (Lipinski definition) is 0. The summed E-state index contributed by atoms with van der Waals surface area (Å²) in [6.45, 7) is 3.70. The largest absolute Gasteiger partial charge is 0.302 e. The number of nitrogens with zero attached hydrogens (tertiary/aromatic N) is 2. The molecule has 0 radical (unpaired) electrons. The highest BCUT2D eigenvalue weighted by molar-refractivity contribution is 6.42. The predicted molar refractivity (Wildman–Crippen MR) is 99.6 cm³/mol. The number of halogens is 2. The molecule has 2 nitrogen and oxygen atoms in total. The Balaban J connectivity index is 1.58. The first-order valence-corrected chi connectivity index (χ1v) is 9.79. The summed E-state index contributed by atoms with van der Waals surface area (Å²) in [6.07, 6.45) is 9.31. The third-order valence-corrected chi connectivity index (χ3v) is 6.35. The second-order valence-electron chi connectivity index (χ2n) is 7.14. The minimum Gasteiger partial charge on any atom is -0.302 e. The summed E-state index contributed by atoms with van der Waals surface area (Å²) >= 11 is 12.1. The van der Waals surface area contributed by atoms with Crippen LogP contribution in [0.2, 0.25) is 10.0 Å². The van der Waals surface area contributed by atoms with Crippen LogP contribution < -0.4 is 0 Å². The minimum atomic E-state index is 0.644. The molecule has 1 aromatic rings. The molecule has 0 amide bonds. The van der Waals surface area contributed by atoms with Crippen LogP contribution in [0.25, 0.3) is 0 Å². The molecule has 2 aliphatic rings. The van der Waals surface area contributed by atoms with E-state index in [1.54, 1.807) is 0 Å². The lowest BCUT2D eigenvalue weighted by molar-refractivity contribution is 0.0771. The van der Waals surface area contributed by atoms with Gasteiger partial charge in [-0.25, -0.2) is 0 Å². The van der Waals surface area contributed by atoms with Gasteiger partial charge >= 0.3 is 0 Å². The van der Waals surface area contributed by atoms with E-state index in [0.29, 0.717) is 16.1 Å². The number of likely N-dealkylation sites (N-methyl/N-ethyl adjacent to an activating group) is 1. The van der Waals surface area contributed by atoms with E-state index < -0.39 is 0 Å². The van der Waals surface area contributed by atoms with Crippen molar-refractivity contribution in [1.29, 1.82) is 0 Å². The standard InChI is InChI=1S/C19H28Cl2N2/c1-22(13-10-15-8-9-16(20)17(21)14-15)18-6-2-3-7-19(18)23-11-4-5-12-23/h8-9,14,18-19H,2-7,10-13H2,1H3/t18?,19-/m1/s1. The fourth-order valence-electron chi connectivity index (χ4n) is 4.27. The van der Waals surface area contributed by atoms with Crippen LogP contribution in [0.1, 0.15) is 44.1 Å². The third kappa shape index (κ3) is 4.42. The number of rotatable bonds is 5. The number of benzene rings is 1. The van der Waals surface area contributed by atoms with Crippen molar-refractivity contribution in [2.75, 3.05) is 26.7 Å². The van der Waals surface area contributed by atoms with Crippen molar-refractivity contribution < 1.29 is 0 Å². The second-order valence-corrected chi connectivity index (χ2v) is 7.96. The zero-order chi connectivity index (χ0) is 16.2. The highest BCUT2D eigenvalue weighted by atomic mass is 35.5. The molecule has 1 aromatic carbocycles. The van der Waals surface area contributed by atoms with Crippen LogP contribution in [-0.4, -0.2) is 48.6 Å². The Morgan fingerprint density at radius 1 is 1.04 bits per heavy atom. The van der Waals surface area contributed by atoms with Crippen LogP contribution >= 0.6 is 23.2 Å². The highest BCUT2D eigenvalue weighted by Crippen LogP contribution is 2.29. The van der Waals surface area contributed by atoms with E-state index >= 15 is 0 Å². The van der Waals surface area contributed by atoms with Gasteiger partial charge in [0.25, 0.3) is 0 Å². The quantitative estimate of drug-likeness (QED) is 0.743. The zero-order valence-corrected chi connectivity index (χ0v) is 15.6. The molecule has 1 heterocycles. The Hall–Kier alpha value is -0.280. The topological polar surface area (TPSA) is 6.48 Å². The van der Waals surface area contributed by atoms with Gasteiger partial charge in [0.2, 0.25) is 0 Å². The van der Waals surface area contributed by atoms with Gasteiger partial charge in [0.05, 0.1) is 10.0 Å². The van der Waals surface area contributed by atoms with Gasteiger partial charge in [-0.15, -0.1) is 0 Å². The third-order valence-electron chi connectivity index (χ3n) is 5.61. The Kier molecular flexibility index (Phi) is 6.25. The first kappa shape index (κ1) is 17.5. The molecule has 1 aliphatic carbocycles. The normalized spacial score (nSPS) is 26.1. The van der Waals surface area contributed by atoms with Crippen LogP contribution in [0.4, 0.5) is 0 Å². The van der Waals surface area contributed by atoms with E-state index in [1.165, 1.54) is 57.2 Å². The second kappa shape index (κ2) is 8.20. The first-order chi connectivity index (χ1) is 11.1. The number of likely N-dealkylation sites (tertiary alicyclic amines) is 1. The van der Waals surface area contributed by atoms with Gasteiger partial charge in [-0.05, 0) is 69.9 Å². The van der Waals surface area contributed by atoms with Crippen molar-refractivity contribution in [3.63, 3.8) is 0 Å². The molecule has 4 heteroatoms. The van der Waals surface area contributed by atoms with Gasteiger partial charge in [0, 0.05) is 18.6 Å². The summed E-state index contributed by atoms with van der Waals surface area (Å²) < 4.78 is 0. The van der Waals surface area contributed by atoms with Crippen LogP contribution in [0.3, 0.4) is 0 Å². The van der Waals surface area contributed by atoms with Crippen LogP contribution in [-0.2, 0) is 6.42 Å². The molecule has 23 heavy (non-hydrogen) atoms. The Morgan fingerprint density at radius 2 is 1.78 bits per heavy atom. The maximum atomic E-state index is 6.13. The van der Waals surface area contributed by atoms with E-state index in [0.717, 1.165) is 19.0 Å². The lowest BCUT2D eigenvalue weighted by Crippen LogP contribution is -2.51. The fourth-order valence-corrected chi connectivity index (χ4v) is 4.59. The van der Waals surface area contributed by atoms with E-state index in [9.17, 15) is 0 Å². The van der Waals surface area contributed by atoms with Crippen molar-refractivity contribution in [2.24, 2.45) is 0 Å². The molecule has 1 unspecified atom stereocenters. The summed E-state index contributed by atoms with van der Waals surface area (Å²) in [6, 6.07) is 7.50. The molecule has 0 N–H and O–H groups in total. The molecule has 0 spiro atoms. The minimum absolute atomic E-state index is 0.644. The van der Waals surface area contributed by atoms with E-state index in [-0.39, 0.29) is 0 Å². The molecule has 3 rings (SSSR count). The van der Waals surface area contributed by atoms with Crippen molar-refractivity contribution in [3.05, 3.63) is 33.8 Å². The molecular weight excluding hydrogens is 327 g/mol. The van der Waals surface area contributed by atoms with Gasteiger partial charge in [0.15, 0.2) is 0 Å². The first-order valence-electron chi connectivity index (χ1n) is 9.03. The molecular formula is C19H28Cl2N2. The van der Waals surface area contributed by atoms with Crippen LogP contribution in [0.15, 0.2) is 18.2 Å². The zero-order valence-electron chi connectivity index (χ0n) is 14.1. The van der Waals surface area contributed by atoms with Gasteiger partial charge in [-0.2, -0.15) is 0 Å². The summed E-state index contributed by atoms with van der Waals surface area (Å²) in [7, 11) is 2.30. The monoisotopic (exact) mass is 354 g/mol. The molecule has 0 bridgehead atoms. The highest BCUT2D eigenvalue weighted by Gasteiger charge is 2.33. The van der Waals surface area contributed by atoms with Crippen molar-refractivity contribution in [1.82, 2.24) is 9.80 Å². The summed E-state index contributed by atoms with van der Waals surface area (Å²) in [5, 5.41) is 1.31. The lowest BCUT2D eigenvalue weighted by atomic mass is 9.88. The van der Waals surface area contributed by atoms with Gasteiger partial charge in [-0.3, -0.25) is 4.90 Å². The van der Waals surface area contributed by atoms with Crippen molar-refractivity contribution in [2.45, 2.75) is 57.0 Å².